The highest BCUT2D eigenvalue weighted by molar-refractivity contribution is 5.84. The predicted molar refractivity (Wildman–Crippen MR) is 52.8 cm³/mol. The summed E-state index contributed by atoms with van der Waals surface area (Å²) >= 11 is 0. The van der Waals surface area contributed by atoms with Crippen LogP contribution in [0.3, 0.4) is 0 Å². The minimum atomic E-state index is -1.09. The summed E-state index contributed by atoms with van der Waals surface area (Å²) in [6.07, 6.45) is 2.87. The molecule has 1 amide bonds. The maximum absolute atomic E-state index is 11.3. The molecule has 0 aliphatic carbocycles. The number of hydrogen-bond donors (Lipinski definition) is 1. The first-order valence-electron chi connectivity index (χ1n) is 5.08. The summed E-state index contributed by atoms with van der Waals surface area (Å²) in [6.45, 7) is 1.81. The lowest BCUT2D eigenvalue weighted by atomic mass is 10.4. The Morgan fingerprint density at radius 2 is 2.31 bits per heavy atom. The summed E-state index contributed by atoms with van der Waals surface area (Å²) in [6, 6.07) is 0. The normalized spacial score (nSPS) is 15.8. The number of carboxylic acid groups (broad SMARTS) is 1. The molecule has 7 heteroatoms. The third-order valence-corrected chi connectivity index (χ3v) is 2.53. The van der Waals surface area contributed by atoms with E-state index in [2.05, 4.69) is 10.3 Å². The highest BCUT2D eigenvalue weighted by Gasteiger charge is 2.19. The van der Waals surface area contributed by atoms with Gasteiger partial charge in [-0.3, -0.25) is 4.79 Å². The molecule has 1 aliphatic rings. The van der Waals surface area contributed by atoms with Crippen molar-refractivity contribution >= 4 is 11.9 Å². The zero-order valence-corrected chi connectivity index (χ0v) is 8.67. The fraction of sp³-hybridized carbons (Fsp3) is 0.556. The van der Waals surface area contributed by atoms with E-state index in [1.165, 1.54) is 10.9 Å². The van der Waals surface area contributed by atoms with Gasteiger partial charge < -0.3 is 10.0 Å². The monoisotopic (exact) mass is 224 g/mol. The zero-order chi connectivity index (χ0) is 11.5. The molecule has 86 valence electrons. The minimum absolute atomic E-state index is 0.0762. The van der Waals surface area contributed by atoms with Gasteiger partial charge in [-0.05, 0) is 6.42 Å². The van der Waals surface area contributed by atoms with Gasteiger partial charge in [0.25, 0.3) is 0 Å². The molecule has 16 heavy (non-hydrogen) atoms. The number of hydrogen-bond acceptors (Lipinski definition) is 4. The van der Waals surface area contributed by atoms with Crippen molar-refractivity contribution in [3.63, 3.8) is 0 Å². The molecule has 0 saturated carbocycles. The Balaban J connectivity index is 1.89. The van der Waals surface area contributed by atoms with E-state index in [9.17, 15) is 9.59 Å². The molecule has 1 aromatic rings. The van der Waals surface area contributed by atoms with Crippen LogP contribution in [-0.2, 0) is 11.3 Å². The molecule has 2 rings (SSSR count). The molecule has 0 aromatic carbocycles. The van der Waals surface area contributed by atoms with Crippen LogP contribution in [0.15, 0.2) is 6.20 Å². The highest BCUT2D eigenvalue weighted by atomic mass is 16.4. The van der Waals surface area contributed by atoms with E-state index in [-0.39, 0.29) is 11.6 Å². The second-order valence-electron chi connectivity index (χ2n) is 3.66. The maximum Gasteiger partial charge on any atom is 0.358 e. The first kappa shape index (κ1) is 10.6. The predicted octanol–water partition coefficient (Wildman–Crippen LogP) is -0.401. The maximum atomic E-state index is 11.3. The van der Waals surface area contributed by atoms with Crippen LogP contribution in [0.1, 0.15) is 23.3 Å². The van der Waals surface area contributed by atoms with Gasteiger partial charge in [0, 0.05) is 19.5 Å². The van der Waals surface area contributed by atoms with Crippen molar-refractivity contribution < 1.29 is 14.7 Å². The molecule has 7 nitrogen and oxygen atoms in total. The van der Waals surface area contributed by atoms with Crippen LogP contribution < -0.4 is 0 Å². The molecule has 0 radical (unpaired) electrons. The Labute approximate surface area is 91.7 Å². The molecule has 0 unspecified atom stereocenters. The molecule has 0 spiro atoms. The van der Waals surface area contributed by atoms with E-state index in [0.29, 0.717) is 19.5 Å². The van der Waals surface area contributed by atoms with E-state index < -0.39 is 5.97 Å². The molecule has 1 saturated heterocycles. The fourth-order valence-corrected chi connectivity index (χ4v) is 1.67. The van der Waals surface area contributed by atoms with Gasteiger partial charge in [-0.25, -0.2) is 9.48 Å². The van der Waals surface area contributed by atoms with Gasteiger partial charge in [-0.1, -0.05) is 5.21 Å². The van der Waals surface area contributed by atoms with E-state index >= 15 is 0 Å². The number of rotatable bonds is 4. The summed E-state index contributed by atoms with van der Waals surface area (Å²) in [5, 5.41) is 15.8. The van der Waals surface area contributed by atoms with Crippen molar-refractivity contribution in [1.29, 1.82) is 0 Å². The summed E-state index contributed by atoms with van der Waals surface area (Å²) in [4.78, 5) is 23.6. The van der Waals surface area contributed by atoms with Gasteiger partial charge in [-0.2, -0.15) is 0 Å². The van der Waals surface area contributed by atoms with Crippen LogP contribution in [0.25, 0.3) is 0 Å². The summed E-state index contributed by atoms with van der Waals surface area (Å²) in [7, 11) is 0. The quantitative estimate of drug-likeness (QED) is 0.751. The molecule has 2 heterocycles. The molecule has 0 bridgehead atoms. The lowest BCUT2D eigenvalue weighted by Crippen LogP contribution is -2.28. The van der Waals surface area contributed by atoms with Gasteiger partial charge in [0.1, 0.15) is 0 Å². The Kier molecular flexibility index (Phi) is 2.84. The average molecular weight is 224 g/mol. The number of aromatic nitrogens is 3. The summed E-state index contributed by atoms with van der Waals surface area (Å²) in [5.41, 5.74) is -0.0762. The number of likely N-dealkylation sites (tertiary alicyclic amines) is 1. The van der Waals surface area contributed by atoms with E-state index in [4.69, 9.17) is 5.11 Å². The first-order chi connectivity index (χ1) is 7.66. The van der Waals surface area contributed by atoms with Gasteiger partial charge in [0.05, 0.1) is 12.7 Å². The average Bonchev–Trinajstić information content (AvgIpc) is 2.83. The van der Waals surface area contributed by atoms with Crippen LogP contribution in [0.5, 0.6) is 0 Å². The van der Waals surface area contributed by atoms with Crippen LogP contribution >= 0.6 is 0 Å². The number of aromatic carboxylic acids is 1. The van der Waals surface area contributed by atoms with Crippen molar-refractivity contribution in [1.82, 2.24) is 19.9 Å². The number of carbonyl (C=O) groups is 2. The molecule has 0 atom stereocenters. The van der Waals surface area contributed by atoms with Crippen molar-refractivity contribution in [2.75, 3.05) is 13.1 Å². The van der Waals surface area contributed by atoms with E-state index in [0.717, 1.165) is 13.0 Å². The van der Waals surface area contributed by atoms with Crippen LogP contribution in [-0.4, -0.2) is 50.0 Å². The van der Waals surface area contributed by atoms with Crippen LogP contribution in [0.4, 0.5) is 0 Å². The van der Waals surface area contributed by atoms with Crippen LogP contribution in [0.2, 0.25) is 0 Å². The van der Waals surface area contributed by atoms with Crippen molar-refractivity contribution in [3.8, 4) is 0 Å². The van der Waals surface area contributed by atoms with Crippen molar-refractivity contribution in [2.24, 2.45) is 0 Å². The summed E-state index contributed by atoms with van der Waals surface area (Å²) < 4.78 is 1.44. The molecular formula is C9H12N4O3. The lowest BCUT2D eigenvalue weighted by molar-refractivity contribution is -0.127. The Morgan fingerprint density at radius 3 is 2.88 bits per heavy atom. The van der Waals surface area contributed by atoms with Crippen LogP contribution in [0, 0.1) is 0 Å². The topological polar surface area (TPSA) is 88.3 Å². The van der Waals surface area contributed by atoms with Gasteiger partial charge >= 0.3 is 5.97 Å². The zero-order valence-electron chi connectivity index (χ0n) is 8.67. The number of nitrogens with zero attached hydrogens (tertiary/aromatic N) is 4. The van der Waals surface area contributed by atoms with E-state index in [1.54, 1.807) is 4.90 Å². The largest absolute Gasteiger partial charge is 0.476 e. The number of carboxylic acids is 1. The van der Waals surface area contributed by atoms with Gasteiger partial charge in [-0.15, -0.1) is 5.10 Å². The Bertz CT molecular complexity index is 415. The molecule has 1 fully saturated rings. The minimum Gasteiger partial charge on any atom is -0.476 e. The van der Waals surface area contributed by atoms with E-state index in [1.807, 2.05) is 0 Å². The van der Waals surface area contributed by atoms with Crippen molar-refractivity contribution in [2.45, 2.75) is 19.4 Å². The number of amides is 1. The second-order valence-corrected chi connectivity index (χ2v) is 3.66. The second kappa shape index (κ2) is 4.30. The first-order valence-corrected chi connectivity index (χ1v) is 5.08. The molecule has 1 aromatic heterocycles. The third-order valence-electron chi connectivity index (χ3n) is 2.53. The number of carbonyl (C=O) groups excluding carboxylic acids is 1. The Hall–Kier alpha value is -1.92. The molecule has 1 aliphatic heterocycles. The fourth-order valence-electron chi connectivity index (χ4n) is 1.67. The summed E-state index contributed by atoms with van der Waals surface area (Å²) in [5.74, 6) is -0.943. The molecule has 1 N–H and O–H groups in total. The van der Waals surface area contributed by atoms with Crippen molar-refractivity contribution in [3.05, 3.63) is 11.9 Å². The standard InChI is InChI=1S/C9H12N4O3/c14-8-2-1-3-12(8)4-5-13-6-7(9(15)16)10-11-13/h6H,1-5H2,(H,15,16). The van der Waals surface area contributed by atoms with Gasteiger partial charge in [0.2, 0.25) is 5.91 Å². The smallest absolute Gasteiger partial charge is 0.358 e. The SMILES string of the molecule is O=C(O)c1cn(CCN2CCCC2=O)nn1. The van der Waals surface area contributed by atoms with Gasteiger partial charge in [0.15, 0.2) is 5.69 Å². The third kappa shape index (κ3) is 2.18. The Morgan fingerprint density at radius 1 is 1.50 bits per heavy atom. The molecular weight excluding hydrogens is 212 g/mol. The lowest BCUT2D eigenvalue weighted by Gasteiger charge is -2.14. The highest BCUT2D eigenvalue weighted by Crippen LogP contribution is 2.08.